The highest BCUT2D eigenvalue weighted by Gasteiger charge is 2.69. The van der Waals surface area contributed by atoms with Crippen molar-refractivity contribution in [1.82, 2.24) is 0 Å². The van der Waals surface area contributed by atoms with Crippen LogP contribution in [-0.4, -0.2) is 23.8 Å². The summed E-state index contributed by atoms with van der Waals surface area (Å²) in [5, 5.41) is 10.7. The number of hydrogen-bond acceptors (Lipinski definition) is 2. The fourth-order valence-corrected chi connectivity index (χ4v) is 13.7. The van der Waals surface area contributed by atoms with Crippen molar-refractivity contribution in [3.63, 3.8) is 0 Å². The molecule has 1 unspecified atom stereocenters. The normalized spacial score (nSPS) is 40.2. The van der Waals surface area contributed by atoms with E-state index < -0.39 is 11.4 Å². The summed E-state index contributed by atoms with van der Waals surface area (Å²) < 4.78 is 6.82. The Labute approximate surface area is 316 Å². The Morgan fingerprint density at radius 1 is 0.765 bits per heavy atom. The molecule has 0 amide bonds. The number of carboxylic acid groups (broad SMARTS) is 1. The molecular weight excluding hydrogens is 625 g/mol. The van der Waals surface area contributed by atoms with Gasteiger partial charge >= 0.3 is 5.97 Å². The van der Waals surface area contributed by atoms with E-state index in [1.165, 1.54) is 116 Å². The van der Waals surface area contributed by atoms with Crippen LogP contribution in [0.4, 0.5) is 0 Å². The third-order valence-electron chi connectivity index (χ3n) is 17.3. The van der Waals surface area contributed by atoms with Gasteiger partial charge in [-0.2, -0.15) is 0 Å². The molecule has 3 heteroatoms. The van der Waals surface area contributed by atoms with Crippen molar-refractivity contribution in [2.24, 2.45) is 56.7 Å². The summed E-state index contributed by atoms with van der Waals surface area (Å²) in [6.07, 6.45) is 36.7. The van der Waals surface area contributed by atoms with Gasteiger partial charge in [-0.3, -0.25) is 4.79 Å². The zero-order chi connectivity index (χ0) is 36.9. The van der Waals surface area contributed by atoms with Crippen molar-refractivity contribution in [1.29, 1.82) is 0 Å². The van der Waals surface area contributed by atoms with Gasteiger partial charge in [0.05, 0.1) is 11.5 Å². The van der Waals surface area contributed by atoms with Gasteiger partial charge in [-0.25, -0.2) is 0 Å². The molecule has 0 spiro atoms. The van der Waals surface area contributed by atoms with E-state index in [0.717, 1.165) is 38.7 Å². The van der Waals surface area contributed by atoms with Crippen LogP contribution < -0.4 is 0 Å². The summed E-state index contributed by atoms with van der Waals surface area (Å²) >= 11 is 0. The first-order valence-corrected chi connectivity index (χ1v) is 22.5. The molecule has 0 saturated heterocycles. The van der Waals surface area contributed by atoms with Gasteiger partial charge in [0.1, 0.15) is 0 Å². The Hall–Kier alpha value is -1.09. The highest BCUT2D eigenvalue weighted by molar-refractivity contribution is 5.76. The molecule has 0 aromatic rings. The van der Waals surface area contributed by atoms with Gasteiger partial charge in [0, 0.05) is 6.61 Å². The Bertz CT molecular complexity index is 1200. The van der Waals surface area contributed by atoms with Crippen LogP contribution in [0.3, 0.4) is 0 Å². The van der Waals surface area contributed by atoms with E-state index in [2.05, 4.69) is 73.6 Å². The SMILES string of the molecule is CCCCCCCC/C=C\CCCCCCCCO[C@H]1CC[C@@]2(C)C(CC[C@]3(C)[C@@H]2CC=C2[C@@H]4[C@@H](C)[C@H](C)CC[C@]4(C(=O)O)CC[C@]23C)C1(C)C. The molecular formula is C48H82O3. The molecule has 1 N–H and O–H groups in total. The molecule has 0 radical (unpaired) electrons. The number of carboxylic acids is 1. The van der Waals surface area contributed by atoms with E-state index in [1.807, 2.05) is 0 Å². The first-order chi connectivity index (χ1) is 24.3. The molecule has 4 saturated carbocycles. The van der Waals surface area contributed by atoms with Crippen LogP contribution in [0.2, 0.25) is 0 Å². The quantitative estimate of drug-likeness (QED) is 0.114. The molecule has 0 bridgehead atoms. The first-order valence-electron chi connectivity index (χ1n) is 22.5. The maximum absolute atomic E-state index is 13.0. The lowest BCUT2D eigenvalue weighted by atomic mass is 9.33. The summed E-state index contributed by atoms with van der Waals surface area (Å²) in [5.74, 6) is 2.04. The average Bonchev–Trinajstić information content (AvgIpc) is 3.08. The minimum Gasteiger partial charge on any atom is -0.481 e. The summed E-state index contributed by atoms with van der Waals surface area (Å²) in [6, 6.07) is 0. The maximum atomic E-state index is 13.0. The van der Waals surface area contributed by atoms with Crippen molar-refractivity contribution >= 4 is 5.97 Å². The smallest absolute Gasteiger partial charge is 0.310 e. The van der Waals surface area contributed by atoms with E-state index in [9.17, 15) is 9.90 Å². The molecule has 51 heavy (non-hydrogen) atoms. The molecule has 0 heterocycles. The lowest BCUT2D eigenvalue weighted by molar-refractivity contribution is -0.213. The highest BCUT2D eigenvalue weighted by Crippen LogP contribution is 2.75. The maximum Gasteiger partial charge on any atom is 0.310 e. The molecule has 5 rings (SSSR count). The van der Waals surface area contributed by atoms with Gasteiger partial charge in [-0.05, 0) is 141 Å². The fraction of sp³-hybridized carbons (Fsp3) is 0.896. The standard InChI is InChI=1S/C48H82O3/c1-9-10-11-12-13-14-15-16-17-18-19-20-21-22-23-24-35-51-41-29-30-45(6)39(44(41,4)5)28-31-47(8)40(45)26-25-38-42-37(3)36(2)27-32-48(42,43(49)50)34-33-46(38,47)7/h16-17,25,36-37,39-42H,9-15,18-24,26-35H2,1-8H3,(H,49,50)/b17-16-/t36-,37+,39?,40-,41+,42+,45+,46-,47-,48+/m1/s1. The number of unbranched alkanes of at least 4 members (excludes halogenated alkanes) is 12. The first kappa shape index (κ1) is 41.1. The van der Waals surface area contributed by atoms with Crippen LogP contribution in [0.1, 0.15) is 203 Å². The van der Waals surface area contributed by atoms with E-state index in [-0.39, 0.29) is 22.2 Å². The molecule has 5 aliphatic carbocycles. The Kier molecular flexibility index (Phi) is 13.8. The summed E-state index contributed by atoms with van der Waals surface area (Å²) in [4.78, 5) is 13.0. The fourth-order valence-electron chi connectivity index (χ4n) is 13.7. The number of allylic oxidation sites excluding steroid dienone is 4. The number of fused-ring (bicyclic) bond motifs is 7. The summed E-state index contributed by atoms with van der Waals surface area (Å²) in [7, 11) is 0. The number of ether oxygens (including phenoxy) is 1. The van der Waals surface area contributed by atoms with E-state index >= 15 is 0 Å². The molecule has 0 aromatic heterocycles. The number of rotatable bonds is 18. The average molecular weight is 707 g/mol. The minimum atomic E-state index is -0.553. The van der Waals surface area contributed by atoms with Gasteiger partial charge in [-0.1, -0.05) is 137 Å². The van der Waals surface area contributed by atoms with Crippen LogP contribution >= 0.6 is 0 Å². The second-order valence-corrected chi connectivity index (χ2v) is 20.3. The molecule has 0 aliphatic heterocycles. The van der Waals surface area contributed by atoms with Crippen molar-refractivity contribution in [2.75, 3.05) is 6.61 Å². The minimum absolute atomic E-state index is 0.0975. The van der Waals surface area contributed by atoms with Crippen LogP contribution in [0, 0.1) is 56.7 Å². The second kappa shape index (κ2) is 17.1. The van der Waals surface area contributed by atoms with Crippen LogP contribution in [-0.2, 0) is 9.53 Å². The van der Waals surface area contributed by atoms with Crippen molar-refractivity contribution < 1.29 is 14.6 Å². The predicted molar refractivity (Wildman–Crippen MR) is 216 cm³/mol. The number of carbonyl (C=O) groups is 1. The van der Waals surface area contributed by atoms with Crippen LogP contribution in [0.15, 0.2) is 23.8 Å². The predicted octanol–water partition coefficient (Wildman–Crippen LogP) is 14.2. The lowest BCUT2D eigenvalue weighted by Crippen LogP contribution is -2.65. The largest absolute Gasteiger partial charge is 0.481 e. The zero-order valence-corrected chi connectivity index (χ0v) is 34.9. The number of hydrogen-bond donors (Lipinski definition) is 1. The van der Waals surface area contributed by atoms with Crippen molar-refractivity contribution in [2.45, 2.75) is 209 Å². The third kappa shape index (κ3) is 7.87. The van der Waals surface area contributed by atoms with Gasteiger partial charge < -0.3 is 9.84 Å². The van der Waals surface area contributed by atoms with Gasteiger partial charge in [0.15, 0.2) is 0 Å². The molecule has 5 aliphatic rings. The Balaban J connectivity index is 1.09. The third-order valence-corrected chi connectivity index (χ3v) is 17.3. The molecule has 0 aromatic carbocycles. The van der Waals surface area contributed by atoms with Crippen LogP contribution in [0.5, 0.6) is 0 Å². The van der Waals surface area contributed by atoms with Gasteiger partial charge in [0.2, 0.25) is 0 Å². The Morgan fingerprint density at radius 3 is 2.04 bits per heavy atom. The second-order valence-electron chi connectivity index (χ2n) is 20.3. The highest BCUT2D eigenvalue weighted by atomic mass is 16.5. The molecule has 4 fully saturated rings. The van der Waals surface area contributed by atoms with E-state index in [1.54, 1.807) is 5.57 Å². The van der Waals surface area contributed by atoms with Crippen LogP contribution in [0.25, 0.3) is 0 Å². The summed E-state index contributed by atoms with van der Waals surface area (Å²) in [5.41, 5.74) is 1.81. The molecule has 292 valence electrons. The van der Waals surface area contributed by atoms with E-state index in [4.69, 9.17) is 4.74 Å². The lowest BCUT2D eigenvalue weighted by Gasteiger charge is -2.71. The summed E-state index contributed by atoms with van der Waals surface area (Å²) in [6.45, 7) is 21.0. The van der Waals surface area contributed by atoms with E-state index in [0.29, 0.717) is 35.2 Å². The van der Waals surface area contributed by atoms with Gasteiger partial charge in [0.25, 0.3) is 0 Å². The van der Waals surface area contributed by atoms with Crippen molar-refractivity contribution in [3.8, 4) is 0 Å². The Morgan fingerprint density at radius 2 is 1.39 bits per heavy atom. The zero-order valence-electron chi connectivity index (χ0n) is 34.9. The van der Waals surface area contributed by atoms with Crippen molar-refractivity contribution in [3.05, 3.63) is 23.8 Å². The molecule has 10 atom stereocenters. The number of aliphatic carboxylic acids is 1. The topological polar surface area (TPSA) is 46.5 Å². The molecule has 3 nitrogen and oxygen atoms in total. The van der Waals surface area contributed by atoms with Gasteiger partial charge in [-0.15, -0.1) is 0 Å². The monoisotopic (exact) mass is 707 g/mol.